The van der Waals surface area contributed by atoms with Gasteiger partial charge in [0.1, 0.15) is 11.5 Å². The van der Waals surface area contributed by atoms with Gasteiger partial charge in [0.2, 0.25) is 0 Å². The first-order valence-electron chi connectivity index (χ1n) is 9.32. The summed E-state index contributed by atoms with van der Waals surface area (Å²) in [7, 11) is 7.13. The highest BCUT2D eigenvalue weighted by atomic mass is 16.5. The van der Waals surface area contributed by atoms with Gasteiger partial charge in [-0.25, -0.2) is 0 Å². The molecule has 0 saturated carbocycles. The van der Waals surface area contributed by atoms with E-state index in [0.29, 0.717) is 12.0 Å². The summed E-state index contributed by atoms with van der Waals surface area (Å²) in [5.41, 5.74) is 1.44. The van der Waals surface area contributed by atoms with Crippen molar-refractivity contribution in [2.75, 3.05) is 34.9 Å². The topological polar surface area (TPSA) is 55.8 Å². The lowest BCUT2D eigenvalue weighted by Crippen LogP contribution is -2.25. The van der Waals surface area contributed by atoms with Crippen molar-refractivity contribution in [2.45, 2.75) is 20.3 Å². The lowest BCUT2D eigenvalue weighted by atomic mass is 9.99. The molecule has 2 aromatic rings. The van der Waals surface area contributed by atoms with Gasteiger partial charge in [0.25, 0.3) is 0 Å². The van der Waals surface area contributed by atoms with Crippen LogP contribution in [0.4, 0.5) is 0 Å². The van der Waals surface area contributed by atoms with Crippen LogP contribution in [0.1, 0.15) is 41.0 Å². The zero-order chi connectivity index (χ0) is 21.1. The maximum Gasteiger partial charge on any atom is 0.167 e. The molecule has 2 aromatic carbocycles. The van der Waals surface area contributed by atoms with E-state index in [0.717, 1.165) is 23.6 Å². The Morgan fingerprint density at radius 2 is 1.43 bits per heavy atom. The number of benzene rings is 2. The van der Waals surface area contributed by atoms with Crippen molar-refractivity contribution in [2.24, 2.45) is 5.92 Å². The molecule has 0 bridgehead atoms. The smallest absolute Gasteiger partial charge is 0.167 e. The maximum absolute atomic E-state index is 12.1. The molecule has 1 unspecified atom stereocenters. The van der Waals surface area contributed by atoms with Crippen molar-refractivity contribution < 1.29 is 19.1 Å². The first kappa shape index (κ1) is 23.4. The van der Waals surface area contributed by atoms with E-state index < -0.39 is 0 Å². The zero-order valence-corrected chi connectivity index (χ0v) is 17.7. The second-order valence-electron chi connectivity index (χ2n) is 6.77. The summed E-state index contributed by atoms with van der Waals surface area (Å²) in [6.07, 6.45) is 0.535. The van der Waals surface area contributed by atoms with Gasteiger partial charge in [0.05, 0.1) is 14.2 Å². The Labute approximate surface area is 168 Å². The minimum atomic E-state index is 0.00195. The van der Waals surface area contributed by atoms with Crippen LogP contribution in [0.25, 0.3) is 0 Å². The molecule has 28 heavy (non-hydrogen) atoms. The molecule has 0 aliphatic heterocycles. The monoisotopic (exact) mass is 385 g/mol. The molecule has 0 saturated heterocycles. The largest absolute Gasteiger partial charge is 0.497 e. The number of hydrogen-bond acceptors (Lipinski definition) is 5. The molecule has 5 heteroatoms. The van der Waals surface area contributed by atoms with Crippen LogP contribution in [-0.4, -0.2) is 51.3 Å². The average molecular weight is 386 g/mol. The Morgan fingerprint density at radius 3 is 1.89 bits per heavy atom. The zero-order valence-electron chi connectivity index (χ0n) is 17.7. The van der Waals surface area contributed by atoms with Gasteiger partial charge in [-0.15, -0.1) is 0 Å². The molecule has 0 aliphatic carbocycles. The number of nitrogens with zero attached hydrogens (tertiary/aromatic N) is 1. The molecule has 152 valence electrons. The van der Waals surface area contributed by atoms with Gasteiger partial charge in [0, 0.05) is 30.0 Å². The molecule has 0 radical (unpaired) electrons. The summed E-state index contributed by atoms with van der Waals surface area (Å²) in [5.74, 6) is 1.76. The summed E-state index contributed by atoms with van der Waals surface area (Å²) >= 11 is 0. The highest BCUT2D eigenvalue weighted by Crippen LogP contribution is 2.16. The van der Waals surface area contributed by atoms with Crippen LogP contribution >= 0.6 is 0 Å². The molecule has 0 aliphatic rings. The maximum atomic E-state index is 12.1. The Bertz CT molecular complexity index is 771. The normalized spacial score (nSPS) is 11.2. The second kappa shape index (κ2) is 11.9. The summed E-state index contributed by atoms with van der Waals surface area (Å²) in [6.45, 7) is 4.56. The van der Waals surface area contributed by atoms with Crippen molar-refractivity contribution in [3.05, 3.63) is 59.7 Å². The van der Waals surface area contributed by atoms with Gasteiger partial charge in [-0.2, -0.15) is 0 Å². The van der Waals surface area contributed by atoms with Gasteiger partial charge < -0.3 is 14.4 Å². The Morgan fingerprint density at radius 1 is 0.929 bits per heavy atom. The van der Waals surface area contributed by atoms with Crippen LogP contribution in [-0.2, 0) is 0 Å². The molecule has 0 N–H and O–H groups in total. The van der Waals surface area contributed by atoms with Crippen molar-refractivity contribution in [1.82, 2.24) is 4.90 Å². The van der Waals surface area contributed by atoms with E-state index in [2.05, 4.69) is 0 Å². The quantitative estimate of drug-likeness (QED) is 0.632. The van der Waals surface area contributed by atoms with E-state index in [-0.39, 0.29) is 17.5 Å². The molecule has 0 aromatic heterocycles. The third-order valence-electron chi connectivity index (χ3n) is 4.15. The van der Waals surface area contributed by atoms with Gasteiger partial charge in [-0.1, -0.05) is 38.1 Å². The number of methoxy groups -OCH3 is 2. The minimum Gasteiger partial charge on any atom is -0.497 e. The van der Waals surface area contributed by atoms with E-state index in [9.17, 15) is 9.59 Å². The summed E-state index contributed by atoms with van der Waals surface area (Å²) in [4.78, 5) is 25.3. The van der Waals surface area contributed by atoms with Gasteiger partial charge >= 0.3 is 0 Å². The fraction of sp³-hybridized carbons (Fsp3) is 0.391. The first-order chi connectivity index (χ1) is 13.3. The second-order valence-corrected chi connectivity index (χ2v) is 6.77. The van der Waals surface area contributed by atoms with Crippen LogP contribution in [0.15, 0.2) is 48.5 Å². The Kier molecular flexibility index (Phi) is 9.96. The van der Waals surface area contributed by atoms with Crippen molar-refractivity contribution in [3.63, 3.8) is 0 Å². The number of carbonyl (C=O) groups is 2. The van der Waals surface area contributed by atoms with Crippen molar-refractivity contribution in [3.8, 4) is 11.5 Å². The third kappa shape index (κ3) is 7.53. The van der Waals surface area contributed by atoms with Gasteiger partial charge in [0.15, 0.2) is 11.6 Å². The van der Waals surface area contributed by atoms with Crippen molar-refractivity contribution >= 4 is 11.6 Å². The van der Waals surface area contributed by atoms with E-state index in [1.165, 1.54) is 0 Å². The summed E-state index contributed by atoms with van der Waals surface area (Å²) < 4.78 is 10.1. The lowest BCUT2D eigenvalue weighted by molar-refractivity contribution is 0.0909. The Hall–Kier alpha value is -2.66. The highest BCUT2D eigenvalue weighted by molar-refractivity contribution is 5.98. The third-order valence-corrected chi connectivity index (χ3v) is 4.15. The van der Waals surface area contributed by atoms with Crippen LogP contribution in [0, 0.1) is 5.92 Å². The number of Topliss-reactive ketones (excluding diaryl/α,β-unsaturated/α-hetero) is 2. The molecule has 0 spiro atoms. The molecular weight excluding hydrogens is 354 g/mol. The predicted octanol–water partition coefficient (Wildman–Crippen LogP) is 4.36. The molecule has 5 nitrogen and oxygen atoms in total. The van der Waals surface area contributed by atoms with E-state index in [1.54, 1.807) is 32.4 Å². The van der Waals surface area contributed by atoms with Gasteiger partial charge in [-0.05, 0) is 38.4 Å². The number of ether oxygens (including phenoxy) is 2. The predicted molar refractivity (Wildman–Crippen MR) is 113 cm³/mol. The summed E-state index contributed by atoms with van der Waals surface area (Å²) in [5, 5.41) is 0. The number of rotatable bonds is 8. The number of carbonyl (C=O) groups excluding carboxylic acids is 2. The molecular formula is C23H31NO4. The van der Waals surface area contributed by atoms with E-state index in [1.807, 2.05) is 63.2 Å². The molecule has 0 heterocycles. The van der Waals surface area contributed by atoms with E-state index >= 15 is 0 Å². The lowest BCUT2D eigenvalue weighted by Gasteiger charge is -2.16. The van der Waals surface area contributed by atoms with Crippen LogP contribution in [0.5, 0.6) is 11.5 Å². The van der Waals surface area contributed by atoms with Crippen LogP contribution < -0.4 is 9.47 Å². The summed E-state index contributed by atoms with van der Waals surface area (Å²) in [6, 6.07) is 14.5. The SMILES string of the molecule is CCC(=O)c1cccc(OC)c1.COc1cccc(C(=O)C(C)CN(C)C)c1. The Balaban J connectivity index is 0.000000292. The molecule has 0 fully saturated rings. The fourth-order valence-corrected chi connectivity index (χ4v) is 2.69. The molecule has 0 amide bonds. The number of hydrogen-bond donors (Lipinski definition) is 0. The van der Waals surface area contributed by atoms with Crippen LogP contribution in [0.2, 0.25) is 0 Å². The highest BCUT2D eigenvalue weighted by Gasteiger charge is 2.16. The van der Waals surface area contributed by atoms with Crippen LogP contribution in [0.3, 0.4) is 0 Å². The van der Waals surface area contributed by atoms with Crippen molar-refractivity contribution in [1.29, 1.82) is 0 Å². The molecule has 2 rings (SSSR count). The number of ketones is 2. The molecule has 1 atom stereocenters. The first-order valence-corrected chi connectivity index (χ1v) is 9.32. The average Bonchev–Trinajstić information content (AvgIpc) is 2.72. The van der Waals surface area contributed by atoms with Gasteiger partial charge in [-0.3, -0.25) is 9.59 Å². The fourth-order valence-electron chi connectivity index (χ4n) is 2.69. The van der Waals surface area contributed by atoms with E-state index in [4.69, 9.17) is 9.47 Å². The minimum absolute atomic E-state index is 0.00195. The standard InChI is InChI=1S/C13H19NO2.C10H12O2/c1-10(9-14(2)3)13(15)11-6-5-7-12(8-11)16-4;1-3-10(11)8-5-4-6-9(7-8)12-2/h5-8,10H,9H2,1-4H3;4-7H,3H2,1-2H3.